The zero-order chi connectivity index (χ0) is 10.8. The fraction of sp³-hybridized carbons (Fsp3) is 0.417. The van der Waals surface area contributed by atoms with Crippen molar-refractivity contribution in [2.45, 2.75) is 33.1 Å². The monoisotopic (exact) mass is 194 g/mol. The Balaban J connectivity index is 3.99. The maximum atomic E-state index is 10.6. The minimum absolute atomic E-state index is 0.445. The van der Waals surface area contributed by atoms with Crippen LogP contribution < -0.4 is 0 Å². The molecule has 0 aliphatic carbocycles. The predicted molar refractivity (Wildman–Crippen MR) is 59.2 cm³/mol. The lowest BCUT2D eigenvalue weighted by Gasteiger charge is -1.92. The Morgan fingerprint density at radius 3 is 2.43 bits per heavy atom. The van der Waals surface area contributed by atoms with Crippen LogP contribution in [0.3, 0.4) is 0 Å². The number of allylic oxidation sites excluding steroid dienone is 5. The van der Waals surface area contributed by atoms with E-state index in [0.29, 0.717) is 12.0 Å². The molecule has 0 spiro atoms. The van der Waals surface area contributed by atoms with Crippen LogP contribution in [-0.4, -0.2) is 11.1 Å². The summed E-state index contributed by atoms with van der Waals surface area (Å²) in [7, 11) is 0. The van der Waals surface area contributed by atoms with Gasteiger partial charge in [0.2, 0.25) is 0 Å². The number of rotatable bonds is 6. The molecule has 0 saturated heterocycles. The summed E-state index contributed by atoms with van der Waals surface area (Å²) >= 11 is 0. The first-order valence-corrected chi connectivity index (χ1v) is 4.96. The number of hydrogen-bond acceptors (Lipinski definition) is 1. The molecule has 0 aromatic heterocycles. The van der Waals surface area contributed by atoms with Gasteiger partial charge in [-0.1, -0.05) is 44.2 Å². The standard InChI is InChI=1S/C12H18O2/c1-3-5-6-7-8-9-10-11(4-2)12(13)14/h5-6,8-10H,3-4,7H2,1-2H3,(H,13,14). The van der Waals surface area contributed by atoms with E-state index in [-0.39, 0.29) is 0 Å². The van der Waals surface area contributed by atoms with Crippen molar-refractivity contribution in [2.24, 2.45) is 0 Å². The van der Waals surface area contributed by atoms with Crippen LogP contribution in [-0.2, 0) is 4.79 Å². The van der Waals surface area contributed by atoms with Crippen LogP contribution in [0.15, 0.2) is 36.0 Å². The highest BCUT2D eigenvalue weighted by molar-refractivity contribution is 5.86. The Morgan fingerprint density at radius 1 is 1.21 bits per heavy atom. The second kappa shape index (κ2) is 8.30. The maximum Gasteiger partial charge on any atom is 0.331 e. The zero-order valence-corrected chi connectivity index (χ0v) is 8.86. The van der Waals surface area contributed by atoms with Gasteiger partial charge in [0.1, 0.15) is 0 Å². The first kappa shape index (κ1) is 12.7. The Morgan fingerprint density at radius 2 is 1.93 bits per heavy atom. The van der Waals surface area contributed by atoms with E-state index in [9.17, 15) is 4.79 Å². The number of hydrogen-bond donors (Lipinski definition) is 1. The lowest BCUT2D eigenvalue weighted by atomic mass is 10.2. The van der Waals surface area contributed by atoms with Crippen LogP contribution in [0.25, 0.3) is 0 Å². The van der Waals surface area contributed by atoms with Gasteiger partial charge in [-0.25, -0.2) is 4.79 Å². The molecule has 0 aromatic carbocycles. The molecule has 0 rings (SSSR count). The van der Waals surface area contributed by atoms with Gasteiger partial charge >= 0.3 is 5.97 Å². The molecule has 0 saturated carbocycles. The van der Waals surface area contributed by atoms with Gasteiger partial charge in [-0.05, 0) is 19.3 Å². The summed E-state index contributed by atoms with van der Waals surface area (Å²) in [6.07, 6.45) is 12.0. The number of carboxylic acids is 1. The Kier molecular flexibility index (Phi) is 7.52. The number of carboxylic acid groups (broad SMARTS) is 1. The van der Waals surface area contributed by atoms with Crippen molar-refractivity contribution in [3.63, 3.8) is 0 Å². The van der Waals surface area contributed by atoms with Crippen molar-refractivity contribution < 1.29 is 9.90 Å². The lowest BCUT2D eigenvalue weighted by Crippen LogP contribution is -1.97. The molecule has 0 bridgehead atoms. The molecule has 2 nitrogen and oxygen atoms in total. The summed E-state index contributed by atoms with van der Waals surface area (Å²) < 4.78 is 0. The molecule has 1 N–H and O–H groups in total. The molecule has 0 radical (unpaired) electrons. The Labute approximate surface area is 85.6 Å². The normalized spacial score (nSPS) is 12.9. The lowest BCUT2D eigenvalue weighted by molar-refractivity contribution is -0.132. The zero-order valence-electron chi connectivity index (χ0n) is 8.86. The molecule has 0 heterocycles. The molecule has 0 amide bonds. The van der Waals surface area contributed by atoms with Gasteiger partial charge in [-0.3, -0.25) is 0 Å². The smallest absolute Gasteiger partial charge is 0.331 e. The molecule has 0 aromatic rings. The molecule has 78 valence electrons. The van der Waals surface area contributed by atoms with E-state index < -0.39 is 5.97 Å². The molecule has 0 aliphatic rings. The first-order chi connectivity index (χ1) is 6.72. The highest BCUT2D eigenvalue weighted by Gasteiger charge is 2.00. The van der Waals surface area contributed by atoms with Gasteiger partial charge in [0.05, 0.1) is 0 Å². The second-order valence-corrected chi connectivity index (χ2v) is 2.89. The summed E-state index contributed by atoms with van der Waals surface area (Å²) in [4.78, 5) is 10.6. The highest BCUT2D eigenvalue weighted by atomic mass is 16.4. The third kappa shape index (κ3) is 6.23. The van der Waals surface area contributed by atoms with Crippen LogP contribution in [0.1, 0.15) is 33.1 Å². The average molecular weight is 194 g/mol. The molecule has 2 heteroatoms. The second-order valence-electron chi connectivity index (χ2n) is 2.89. The van der Waals surface area contributed by atoms with Crippen molar-refractivity contribution in [1.29, 1.82) is 0 Å². The van der Waals surface area contributed by atoms with E-state index in [1.54, 1.807) is 12.2 Å². The number of aliphatic carboxylic acids is 1. The van der Waals surface area contributed by atoms with Crippen molar-refractivity contribution in [1.82, 2.24) is 0 Å². The van der Waals surface area contributed by atoms with E-state index in [4.69, 9.17) is 5.11 Å². The van der Waals surface area contributed by atoms with E-state index in [2.05, 4.69) is 19.1 Å². The molecule has 0 aliphatic heterocycles. The van der Waals surface area contributed by atoms with Crippen molar-refractivity contribution in [3.05, 3.63) is 36.0 Å². The number of carbonyl (C=O) groups is 1. The molecule has 0 unspecified atom stereocenters. The minimum Gasteiger partial charge on any atom is -0.478 e. The molecular weight excluding hydrogens is 176 g/mol. The Bertz CT molecular complexity index is 247. The summed E-state index contributed by atoms with van der Waals surface area (Å²) in [5, 5.41) is 8.70. The van der Waals surface area contributed by atoms with Crippen LogP contribution in [0.4, 0.5) is 0 Å². The third-order valence-electron chi connectivity index (χ3n) is 1.76. The van der Waals surface area contributed by atoms with Gasteiger partial charge in [0, 0.05) is 5.57 Å². The molecule has 14 heavy (non-hydrogen) atoms. The quantitative estimate of drug-likeness (QED) is 0.400. The fourth-order valence-electron chi connectivity index (χ4n) is 0.945. The molecule has 0 atom stereocenters. The SMILES string of the molecule is CCC=CCC=CC=C(CC)C(=O)O. The van der Waals surface area contributed by atoms with E-state index in [0.717, 1.165) is 12.8 Å². The summed E-state index contributed by atoms with van der Waals surface area (Å²) in [6.45, 7) is 3.92. The van der Waals surface area contributed by atoms with E-state index in [1.807, 2.05) is 13.0 Å². The summed E-state index contributed by atoms with van der Waals surface area (Å²) in [5.41, 5.74) is 0.445. The predicted octanol–water partition coefficient (Wildman–Crippen LogP) is 3.32. The maximum absolute atomic E-state index is 10.6. The molecule has 0 fully saturated rings. The van der Waals surface area contributed by atoms with Gasteiger partial charge in [-0.15, -0.1) is 0 Å². The average Bonchev–Trinajstić information content (AvgIpc) is 2.16. The van der Waals surface area contributed by atoms with Crippen molar-refractivity contribution in [2.75, 3.05) is 0 Å². The van der Waals surface area contributed by atoms with Crippen molar-refractivity contribution in [3.8, 4) is 0 Å². The van der Waals surface area contributed by atoms with Crippen molar-refractivity contribution >= 4 is 5.97 Å². The van der Waals surface area contributed by atoms with Crippen LogP contribution in [0.2, 0.25) is 0 Å². The molecular formula is C12H18O2. The van der Waals surface area contributed by atoms with Gasteiger partial charge in [-0.2, -0.15) is 0 Å². The first-order valence-electron chi connectivity index (χ1n) is 4.96. The van der Waals surface area contributed by atoms with Crippen LogP contribution in [0.5, 0.6) is 0 Å². The van der Waals surface area contributed by atoms with E-state index in [1.165, 1.54) is 0 Å². The van der Waals surface area contributed by atoms with Gasteiger partial charge < -0.3 is 5.11 Å². The fourth-order valence-corrected chi connectivity index (χ4v) is 0.945. The van der Waals surface area contributed by atoms with Gasteiger partial charge in [0.15, 0.2) is 0 Å². The summed E-state index contributed by atoms with van der Waals surface area (Å²) in [5.74, 6) is -0.832. The highest BCUT2D eigenvalue weighted by Crippen LogP contribution is 2.01. The largest absolute Gasteiger partial charge is 0.478 e. The van der Waals surface area contributed by atoms with E-state index >= 15 is 0 Å². The third-order valence-corrected chi connectivity index (χ3v) is 1.76. The van der Waals surface area contributed by atoms with Crippen LogP contribution >= 0.6 is 0 Å². The summed E-state index contributed by atoms with van der Waals surface area (Å²) in [6, 6.07) is 0. The van der Waals surface area contributed by atoms with Gasteiger partial charge in [0.25, 0.3) is 0 Å². The Hall–Kier alpha value is -1.31. The topological polar surface area (TPSA) is 37.3 Å². The minimum atomic E-state index is -0.832. The van der Waals surface area contributed by atoms with Crippen LogP contribution in [0, 0.1) is 0 Å².